The number of rotatable bonds is 7. The van der Waals surface area contributed by atoms with Crippen LogP contribution in [0.25, 0.3) is 5.69 Å². The van der Waals surface area contributed by atoms with Gasteiger partial charge < -0.3 is 10.1 Å². The molecular weight excluding hydrogens is 428 g/mol. The van der Waals surface area contributed by atoms with Crippen molar-refractivity contribution in [3.05, 3.63) is 64.9 Å². The van der Waals surface area contributed by atoms with Gasteiger partial charge in [0.2, 0.25) is 5.91 Å². The summed E-state index contributed by atoms with van der Waals surface area (Å²) in [7, 11) is 1.63. The van der Waals surface area contributed by atoms with Gasteiger partial charge in [0.05, 0.1) is 18.9 Å². The minimum Gasteiger partial charge on any atom is -0.497 e. The predicted octanol–water partition coefficient (Wildman–Crippen LogP) is 4.01. The van der Waals surface area contributed by atoms with Crippen LogP contribution >= 0.6 is 27.7 Å². The van der Waals surface area contributed by atoms with Gasteiger partial charge in [0.15, 0.2) is 5.16 Å². The highest BCUT2D eigenvalue weighted by Crippen LogP contribution is 2.24. The van der Waals surface area contributed by atoms with Crippen LogP contribution in [0.3, 0.4) is 0 Å². The van der Waals surface area contributed by atoms with Crippen LogP contribution in [-0.2, 0) is 4.79 Å². The van der Waals surface area contributed by atoms with Crippen LogP contribution in [0, 0.1) is 0 Å². The minimum absolute atomic E-state index is 0.0625. The third-order valence-electron chi connectivity index (χ3n) is 3.95. The fraction of sp³-hybridized carbons (Fsp3) is 0.211. The number of carbonyl (C=O) groups excluding carboxylic acids is 1. The van der Waals surface area contributed by atoms with Gasteiger partial charge >= 0.3 is 0 Å². The molecule has 27 heavy (non-hydrogen) atoms. The Bertz CT molecular complexity index is 914. The van der Waals surface area contributed by atoms with Crippen LogP contribution in [0.15, 0.2) is 64.5 Å². The molecule has 0 radical (unpaired) electrons. The van der Waals surface area contributed by atoms with E-state index in [1.54, 1.807) is 13.4 Å². The number of methoxy groups -OCH3 is 1. The first-order chi connectivity index (χ1) is 13.1. The summed E-state index contributed by atoms with van der Waals surface area (Å²) in [4.78, 5) is 12.3. The topological polar surface area (TPSA) is 69.0 Å². The minimum atomic E-state index is -0.0897. The molecule has 0 saturated carbocycles. The maximum absolute atomic E-state index is 12.3. The molecule has 1 heterocycles. The molecular formula is C19H19BrN4O2S. The van der Waals surface area contributed by atoms with Crippen molar-refractivity contribution in [2.24, 2.45) is 0 Å². The average Bonchev–Trinajstić information content (AvgIpc) is 3.15. The van der Waals surface area contributed by atoms with Gasteiger partial charge in [-0.1, -0.05) is 45.9 Å². The van der Waals surface area contributed by atoms with Gasteiger partial charge in [-0.2, -0.15) is 0 Å². The Kier molecular flexibility index (Phi) is 6.52. The normalized spacial score (nSPS) is 11.8. The lowest BCUT2D eigenvalue weighted by Gasteiger charge is -2.15. The van der Waals surface area contributed by atoms with E-state index in [2.05, 4.69) is 31.4 Å². The molecule has 140 valence electrons. The molecule has 1 unspecified atom stereocenters. The molecule has 1 N–H and O–H groups in total. The van der Waals surface area contributed by atoms with E-state index in [4.69, 9.17) is 4.74 Å². The lowest BCUT2D eigenvalue weighted by Crippen LogP contribution is -2.28. The number of benzene rings is 2. The summed E-state index contributed by atoms with van der Waals surface area (Å²) in [5, 5.41) is 11.7. The number of carbonyl (C=O) groups is 1. The van der Waals surface area contributed by atoms with Crippen LogP contribution in [0.5, 0.6) is 5.75 Å². The zero-order valence-electron chi connectivity index (χ0n) is 14.9. The smallest absolute Gasteiger partial charge is 0.230 e. The third kappa shape index (κ3) is 4.90. The van der Waals surface area contributed by atoms with Crippen LogP contribution in [-0.4, -0.2) is 33.5 Å². The molecule has 0 saturated heterocycles. The van der Waals surface area contributed by atoms with Crippen LogP contribution in [0.4, 0.5) is 0 Å². The SMILES string of the molecule is COc1ccc(-n2cnnc2SCC(=O)NC(C)c2ccccc2Br)cc1. The molecule has 0 aliphatic carbocycles. The highest BCUT2D eigenvalue weighted by molar-refractivity contribution is 9.10. The summed E-state index contributed by atoms with van der Waals surface area (Å²) in [6, 6.07) is 15.3. The summed E-state index contributed by atoms with van der Waals surface area (Å²) in [6.07, 6.45) is 1.63. The summed E-state index contributed by atoms with van der Waals surface area (Å²) < 4.78 is 7.99. The fourth-order valence-electron chi connectivity index (χ4n) is 2.56. The Labute approximate surface area is 170 Å². The number of halogens is 1. The first-order valence-electron chi connectivity index (χ1n) is 8.29. The van der Waals surface area contributed by atoms with E-state index in [1.807, 2.05) is 60.0 Å². The lowest BCUT2D eigenvalue weighted by molar-refractivity contribution is -0.119. The van der Waals surface area contributed by atoms with Crippen molar-refractivity contribution in [1.29, 1.82) is 0 Å². The number of nitrogens with one attached hydrogen (secondary N) is 1. The Morgan fingerprint density at radius 2 is 2.00 bits per heavy atom. The summed E-state index contributed by atoms with van der Waals surface area (Å²) >= 11 is 4.86. The Balaban J connectivity index is 1.61. The lowest BCUT2D eigenvalue weighted by atomic mass is 10.1. The molecule has 1 amide bonds. The van der Waals surface area contributed by atoms with E-state index >= 15 is 0 Å². The van der Waals surface area contributed by atoms with E-state index in [0.29, 0.717) is 5.16 Å². The van der Waals surface area contributed by atoms with Crippen molar-refractivity contribution in [1.82, 2.24) is 20.1 Å². The molecule has 0 spiro atoms. The molecule has 0 fully saturated rings. The van der Waals surface area contributed by atoms with Gasteiger partial charge in [0.25, 0.3) is 0 Å². The van der Waals surface area contributed by atoms with Crippen LogP contribution in [0.1, 0.15) is 18.5 Å². The standard InChI is InChI=1S/C19H19BrN4O2S/c1-13(16-5-3-4-6-17(16)20)22-18(25)11-27-19-23-21-12-24(19)14-7-9-15(26-2)10-8-14/h3-10,12-13H,11H2,1-2H3,(H,22,25). The molecule has 3 aromatic rings. The molecule has 0 aliphatic rings. The zero-order valence-corrected chi connectivity index (χ0v) is 17.3. The first kappa shape index (κ1) is 19.4. The number of nitrogens with zero attached hydrogens (tertiary/aromatic N) is 3. The Hall–Kier alpha value is -2.32. The van der Waals surface area contributed by atoms with Crippen LogP contribution in [0.2, 0.25) is 0 Å². The number of hydrogen-bond donors (Lipinski definition) is 1. The van der Waals surface area contributed by atoms with Crippen molar-refractivity contribution in [2.75, 3.05) is 12.9 Å². The second kappa shape index (κ2) is 9.05. The van der Waals surface area contributed by atoms with Gasteiger partial charge in [-0.15, -0.1) is 10.2 Å². The monoisotopic (exact) mass is 446 g/mol. The fourth-order valence-corrected chi connectivity index (χ4v) is 3.93. The molecule has 8 heteroatoms. The highest BCUT2D eigenvalue weighted by Gasteiger charge is 2.14. The first-order valence-corrected chi connectivity index (χ1v) is 10.1. The maximum atomic E-state index is 12.3. The van der Waals surface area contributed by atoms with Gasteiger partial charge in [-0.3, -0.25) is 9.36 Å². The second-order valence-corrected chi connectivity index (χ2v) is 7.58. The van der Waals surface area contributed by atoms with E-state index in [9.17, 15) is 4.79 Å². The van der Waals surface area contributed by atoms with Gasteiger partial charge in [-0.05, 0) is 42.8 Å². The van der Waals surface area contributed by atoms with Crippen molar-refractivity contribution in [3.63, 3.8) is 0 Å². The van der Waals surface area contributed by atoms with Gasteiger partial charge in [0, 0.05) is 10.2 Å². The van der Waals surface area contributed by atoms with E-state index in [0.717, 1.165) is 21.5 Å². The number of ether oxygens (including phenoxy) is 1. The zero-order chi connectivity index (χ0) is 19.2. The molecule has 2 aromatic carbocycles. The van der Waals surface area contributed by atoms with Crippen LogP contribution < -0.4 is 10.1 Å². The highest BCUT2D eigenvalue weighted by atomic mass is 79.9. The predicted molar refractivity (Wildman–Crippen MR) is 109 cm³/mol. The number of thioether (sulfide) groups is 1. The molecule has 1 atom stereocenters. The molecule has 3 rings (SSSR count). The molecule has 1 aromatic heterocycles. The van der Waals surface area contributed by atoms with Crippen molar-refractivity contribution >= 4 is 33.6 Å². The molecule has 0 aliphatic heterocycles. The van der Waals surface area contributed by atoms with E-state index in [1.165, 1.54) is 11.8 Å². The van der Waals surface area contributed by atoms with Gasteiger partial charge in [-0.25, -0.2) is 0 Å². The molecule has 6 nitrogen and oxygen atoms in total. The summed E-state index contributed by atoms with van der Waals surface area (Å²) in [5.74, 6) is 0.970. The van der Waals surface area contributed by atoms with Crippen molar-refractivity contribution in [3.8, 4) is 11.4 Å². The number of amides is 1. The largest absolute Gasteiger partial charge is 0.497 e. The average molecular weight is 447 g/mol. The summed E-state index contributed by atoms with van der Waals surface area (Å²) in [5.41, 5.74) is 1.95. The molecule has 0 bridgehead atoms. The van der Waals surface area contributed by atoms with E-state index < -0.39 is 0 Å². The van der Waals surface area contributed by atoms with Crippen molar-refractivity contribution in [2.45, 2.75) is 18.1 Å². The Morgan fingerprint density at radius 3 is 2.70 bits per heavy atom. The number of hydrogen-bond acceptors (Lipinski definition) is 5. The third-order valence-corrected chi connectivity index (χ3v) is 5.61. The maximum Gasteiger partial charge on any atom is 0.230 e. The summed E-state index contributed by atoms with van der Waals surface area (Å²) in [6.45, 7) is 1.96. The van der Waals surface area contributed by atoms with Gasteiger partial charge in [0.1, 0.15) is 12.1 Å². The second-order valence-electron chi connectivity index (χ2n) is 5.78. The number of aromatic nitrogens is 3. The quantitative estimate of drug-likeness (QED) is 0.555. The van der Waals surface area contributed by atoms with Crippen molar-refractivity contribution < 1.29 is 9.53 Å². The Morgan fingerprint density at radius 1 is 1.26 bits per heavy atom. The van der Waals surface area contributed by atoms with E-state index in [-0.39, 0.29) is 17.7 Å².